The summed E-state index contributed by atoms with van der Waals surface area (Å²) in [7, 11) is 0. The highest BCUT2D eigenvalue weighted by Gasteiger charge is 2.43. The van der Waals surface area contributed by atoms with Crippen LogP contribution in [0, 0.1) is 47.1 Å². The van der Waals surface area contributed by atoms with Crippen molar-refractivity contribution < 1.29 is 22.3 Å². The second-order valence-corrected chi connectivity index (χ2v) is 10.9. The van der Waals surface area contributed by atoms with E-state index in [1.807, 2.05) is 0 Å². The minimum Gasteiger partial charge on any atom is -0.432 e. The Morgan fingerprint density at radius 2 is 1.24 bits per heavy atom. The molecular weight excluding hydrogens is 428 g/mol. The topological polar surface area (TPSA) is 9.23 Å². The first kappa shape index (κ1) is 24.6. The van der Waals surface area contributed by atoms with E-state index in [1.165, 1.54) is 51.4 Å². The van der Waals surface area contributed by atoms with Gasteiger partial charge in [0.05, 0.1) is 5.92 Å². The monoisotopic (exact) mass is 466 g/mol. The van der Waals surface area contributed by atoms with Gasteiger partial charge in [-0.1, -0.05) is 31.9 Å². The van der Waals surface area contributed by atoms with Gasteiger partial charge < -0.3 is 4.74 Å². The predicted octanol–water partition coefficient (Wildman–Crippen LogP) is 8.93. The van der Waals surface area contributed by atoms with Crippen LogP contribution in [0.3, 0.4) is 0 Å². The summed E-state index contributed by atoms with van der Waals surface area (Å²) in [5.41, 5.74) is 0. The fourth-order valence-corrected chi connectivity index (χ4v) is 6.31. The summed E-state index contributed by atoms with van der Waals surface area (Å²) in [6.07, 6.45) is 14.3. The molecule has 3 aliphatic rings. The number of hydrogen-bond acceptors (Lipinski definition) is 1. The Labute approximate surface area is 196 Å². The molecule has 0 aliphatic heterocycles. The van der Waals surface area contributed by atoms with Gasteiger partial charge >= 0.3 is 6.11 Å². The van der Waals surface area contributed by atoms with Crippen LogP contribution in [-0.4, -0.2) is 6.11 Å². The second-order valence-electron chi connectivity index (χ2n) is 10.9. The first-order valence-corrected chi connectivity index (χ1v) is 13.0. The zero-order valence-electron chi connectivity index (χ0n) is 19.8. The molecule has 5 heteroatoms. The molecule has 0 saturated heterocycles. The number of hydrogen-bond donors (Lipinski definition) is 0. The van der Waals surface area contributed by atoms with Crippen molar-refractivity contribution in [2.24, 2.45) is 35.5 Å². The molecule has 0 radical (unpaired) electrons. The van der Waals surface area contributed by atoms with E-state index in [-0.39, 0.29) is 5.75 Å². The minimum absolute atomic E-state index is 0.334. The molecule has 4 rings (SSSR count). The molecule has 0 unspecified atom stereocenters. The van der Waals surface area contributed by atoms with Gasteiger partial charge in [0.25, 0.3) is 0 Å². The van der Waals surface area contributed by atoms with Crippen molar-refractivity contribution in [3.63, 3.8) is 0 Å². The third kappa shape index (κ3) is 6.54. The van der Waals surface area contributed by atoms with Crippen molar-refractivity contribution in [2.45, 2.75) is 90.1 Å². The van der Waals surface area contributed by atoms with Crippen LogP contribution in [0.4, 0.5) is 17.6 Å². The van der Waals surface area contributed by atoms with Crippen LogP contribution in [0.25, 0.3) is 0 Å². The maximum atomic E-state index is 14.6. The Kier molecular flexibility index (Phi) is 8.07. The van der Waals surface area contributed by atoms with Crippen LogP contribution in [0.5, 0.6) is 5.75 Å². The predicted molar refractivity (Wildman–Crippen MR) is 123 cm³/mol. The molecule has 1 nitrogen and oxygen atoms in total. The Balaban J connectivity index is 1.19. The van der Waals surface area contributed by atoms with Gasteiger partial charge in [-0.15, -0.1) is 0 Å². The molecule has 0 aromatic heterocycles. The zero-order valence-corrected chi connectivity index (χ0v) is 19.8. The van der Waals surface area contributed by atoms with Gasteiger partial charge in [0, 0.05) is 6.07 Å². The lowest BCUT2D eigenvalue weighted by Gasteiger charge is -2.37. The minimum atomic E-state index is -3.38. The second kappa shape index (κ2) is 10.8. The van der Waals surface area contributed by atoms with E-state index in [4.69, 9.17) is 4.74 Å². The Morgan fingerprint density at radius 3 is 1.79 bits per heavy atom. The van der Waals surface area contributed by atoms with Crippen LogP contribution in [0.15, 0.2) is 30.4 Å². The van der Waals surface area contributed by atoms with Crippen LogP contribution in [0.1, 0.15) is 84.0 Å². The highest BCUT2D eigenvalue weighted by molar-refractivity contribution is 5.24. The maximum absolute atomic E-state index is 14.6. The quantitative estimate of drug-likeness (QED) is 0.300. The van der Waals surface area contributed by atoms with Gasteiger partial charge in [0.1, 0.15) is 5.75 Å². The number of halogens is 4. The summed E-state index contributed by atoms with van der Waals surface area (Å²) < 4.78 is 60.3. The summed E-state index contributed by atoms with van der Waals surface area (Å²) in [6, 6.07) is 2.54. The molecule has 0 bridgehead atoms. The standard InChI is InChI=1S/C28H38F4O/c1-19-2-10-22(11-3-19)23-12-6-20(7-13-23)4-5-21-8-14-24(15-9-21)28(31,32)33-25-16-17-26(29)27(30)18-25/h4-5,16-24H,2-3,6-15H2,1H3/b5-4+. The normalized spacial score (nSPS) is 33.8. The number of benzene rings is 1. The summed E-state index contributed by atoms with van der Waals surface area (Å²) >= 11 is 0. The lowest BCUT2D eigenvalue weighted by Crippen LogP contribution is -2.37. The number of ether oxygens (including phenoxy) is 1. The molecule has 0 amide bonds. The zero-order chi connectivity index (χ0) is 23.4. The summed E-state index contributed by atoms with van der Waals surface area (Å²) in [4.78, 5) is 0. The Morgan fingerprint density at radius 1 is 0.727 bits per heavy atom. The number of rotatable bonds is 6. The first-order chi connectivity index (χ1) is 15.8. The summed E-state index contributed by atoms with van der Waals surface area (Å²) in [5, 5.41) is 0. The molecule has 3 fully saturated rings. The third-order valence-electron chi connectivity index (χ3n) is 8.59. The maximum Gasteiger partial charge on any atom is 0.400 e. The van der Waals surface area contributed by atoms with Gasteiger partial charge in [-0.3, -0.25) is 0 Å². The van der Waals surface area contributed by atoms with Crippen LogP contribution in [-0.2, 0) is 0 Å². The third-order valence-corrected chi connectivity index (χ3v) is 8.59. The average molecular weight is 467 g/mol. The van der Waals surface area contributed by atoms with E-state index in [0.29, 0.717) is 43.6 Å². The van der Waals surface area contributed by atoms with E-state index in [0.717, 1.165) is 29.9 Å². The van der Waals surface area contributed by atoms with E-state index < -0.39 is 23.7 Å². The largest absolute Gasteiger partial charge is 0.432 e. The number of alkyl halides is 2. The van der Waals surface area contributed by atoms with E-state index >= 15 is 0 Å². The van der Waals surface area contributed by atoms with Gasteiger partial charge in [-0.2, -0.15) is 8.78 Å². The molecule has 0 N–H and O–H groups in total. The molecule has 3 saturated carbocycles. The van der Waals surface area contributed by atoms with E-state index in [1.54, 1.807) is 0 Å². The fraction of sp³-hybridized carbons (Fsp3) is 0.714. The van der Waals surface area contributed by atoms with E-state index in [2.05, 4.69) is 19.1 Å². The van der Waals surface area contributed by atoms with Gasteiger partial charge in [0.15, 0.2) is 11.6 Å². The summed E-state index contributed by atoms with van der Waals surface area (Å²) in [5.74, 6) is 0.259. The molecule has 0 spiro atoms. The molecular formula is C28H38F4O. The molecule has 184 valence electrons. The Bertz CT molecular complexity index is 783. The van der Waals surface area contributed by atoms with Crippen molar-refractivity contribution in [3.05, 3.63) is 42.0 Å². The van der Waals surface area contributed by atoms with Crippen LogP contribution >= 0.6 is 0 Å². The molecule has 0 atom stereocenters. The highest BCUT2D eigenvalue weighted by Crippen LogP contribution is 2.43. The molecule has 0 heterocycles. The van der Waals surface area contributed by atoms with Crippen LogP contribution < -0.4 is 4.74 Å². The first-order valence-electron chi connectivity index (χ1n) is 13.0. The van der Waals surface area contributed by atoms with Crippen molar-refractivity contribution in [1.82, 2.24) is 0 Å². The average Bonchev–Trinajstić information content (AvgIpc) is 2.81. The lowest BCUT2D eigenvalue weighted by molar-refractivity contribution is -0.223. The SMILES string of the molecule is CC1CCC(C2CCC(/C=C/C3CCC(C(F)(F)Oc4ccc(F)c(F)c4)CC3)CC2)CC1. The lowest BCUT2D eigenvalue weighted by atomic mass is 9.69. The molecule has 33 heavy (non-hydrogen) atoms. The van der Waals surface area contributed by atoms with E-state index in [9.17, 15) is 17.6 Å². The molecule has 1 aromatic carbocycles. The van der Waals surface area contributed by atoms with Crippen molar-refractivity contribution in [2.75, 3.05) is 0 Å². The molecule has 3 aliphatic carbocycles. The van der Waals surface area contributed by atoms with Crippen LogP contribution in [0.2, 0.25) is 0 Å². The van der Waals surface area contributed by atoms with Crippen molar-refractivity contribution >= 4 is 0 Å². The highest BCUT2D eigenvalue weighted by atomic mass is 19.3. The fourth-order valence-electron chi connectivity index (χ4n) is 6.31. The molecule has 1 aromatic rings. The van der Waals surface area contributed by atoms with Crippen molar-refractivity contribution in [1.29, 1.82) is 0 Å². The van der Waals surface area contributed by atoms with Gasteiger partial charge in [0.2, 0.25) is 0 Å². The summed E-state index contributed by atoms with van der Waals surface area (Å²) in [6.45, 7) is 2.38. The van der Waals surface area contributed by atoms with Gasteiger partial charge in [-0.25, -0.2) is 8.78 Å². The Hall–Kier alpha value is -1.52. The van der Waals surface area contributed by atoms with Crippen molar-refractivity contribution in [3.8, 4) is 5.75 Å². The number of allylic oxidation sites excluding steroid dienone is 2. The van der Waals surface area contributed by atoms with Gasteiger partial charge in [-0.05, 0) is 106 Å². The smallest absolute Gasteiger partial charge is 0.400 e.